The molecule has 0 spiro atoms. The fourth-order valence-corrected chi connectivity index (χ4v) is 3.18. The molecule has 0 aliphatic carbocycles. The number of carbonyl (C=O) groups is 2. The average Bonchev–Trinajstić information content (AvgIpc) is 2.58. The molecule has 6 nitrogen and oxygen atoms in total. The van der Waals surface area contributed by atoms with Crippen molar-refractivity contribution >= 4 is 28.3 Å². The molecule has 2 aliphatic rings. The zero-order valence-corrected chi connectivity index (χ0v) is 11.9. The highest BCUT2D eigenvalue weighted by molar-refractivity contribution is 6.26. The van der Waals surface area contributed by atoms with Crippen LogP contribution in [0.2, 0.25) is 0 Å². The van der Waals surface area contributed by atoms with Crippen LogP contribution in [0.3, 0.4) is 0 Å². The van der Waals surface area contributed by atoms with Gasteiger partial charge in [0.15, 0.2) is 0 Å². The molecule has 0 aromatic heterocycles. The van der Waals surface area contributed by atoms with Gasteiger partial charge in [0.05, 0.1) is 24.3 Å². The molecule has 1 fully saturated rings. The molecule has 0 atom stereocenters. The average molecular weight is 297 g/mol. The van der Waals surface area contributed by atoms with Crippen molar-refractivity contribution in [2.45, 2.75) is 0 Å². The highest BCUT2D eigenvalue weighted by atomic mass is 16.5. The Hall–Kier alpha value is -2.44. The van der Waals surface area contributed by atoms with Gasteiger partial charge in [0.1, 0.15) is 0 Å². The summed E-state index contributed by atoms with van der Waals surface area (Å²) in [6.07, 6.45) is 0. The zero-order valence-electron chi connectivity index (χ0n) is 11.9. The Morgan fingerprint density at radius 2 is 1.64 bits per heavy atom. The van der Waals surface area contributed by atoms with Crippen LogP contribution in [0.15, 0.2) is 30.3 Å². The zero-order chi connectivity index (χ0) is 15.3. The summed E-state index contributed by atoms with van der Waals surface area (Å²) in [5.41, 5.74) is 1.98. The van der Waals surface area contributed by atoms with Crippen molar-refractivity contribution in [2.75, 3.05) is 31.2 Å². The highest BCUT2D eigenvalue weighted by Gasteiger charge is 2.32. The van der Waals surface area contributed by atoms with Crippen LogP contribution in [0.25, 0.3) is 10.8 Å². The first-order valence-corrected chi connectivity index (χ1v) is 7.20. The summed E-state index contributed by atoms with van der Waals surface area (Å²) in [5, 5.41) is 2.29. The predicted molar refractivity (Wildman–Crippen MR) is 81.7 cm³/mol. The first-order chi connectivity index (χ1) is 10.7. The third kappa shape index (κ3) is 1.74. The number of nitrogens with zero attached hydrogens (tertiary/aromatic N) is 2. The Morgan fingerprint density at radius 3 is 2.36 bits per heavy atom. The maximum atomic E-state index is 12.2. The van der Waals surface area contributed by atoms with Crippen LogP contribution in [0.4, 0.5) is 5.69 Å². The molecule has 0 bridgehead atoms. The van der Waals surface area contributed by atoms with E-state index in [1.54, 1.807) is 12.1 Å². The lowest BCUT2D eigenvalue weighted by Crippen LogP contribution is -2.45. The van der Waals surface area contributed by atoms with Gasteiger partial charge in [-0.05, 0) is 18.2 Å². The second-order valence-corrected chi connectivity index (χ2v) is 5.44. The number of hydrogen-bond acceptors (Lipinski definition) is 5. The minimum atomic E-state index is -0.456. The third-order valence-corrected chi connectivity index (χ3v) is 4.27. The molecule has 2 N–H and O–H groups in total. The lowest BCUT2D eigenvalue weighted by molar-refractivity contribution is 0.0610. The van der Waals surface area contributed by atoms with Crippen LogP contribution in [0, 0.1) is 0 Å². The molecule has 0 unspecified atom stereocenters. The Labute approximate surface area is 127 Å². The molecule has 0 radical (unpaired) electrons. The summed E-state index contributed by atoms with van der Waals surface area (Å²) >= 11 is 0. The first kappa shape index (κ1) is 13.2. The van der Waals surface area contributed by atoms with Crippen molar-refractivity contribution in [1.29, 1.82) is 0 Å². The summed E-state index contributed by atoms with van der Waals surface area (Å²) in [4.78, 5) is 26.7. The lowest BCUT2D eigenvalue weighted by Gasteiger charge is -2.31. The Kier molecular flexibility index (Phi) is 2.88. The molecule has 112 valence electrons. The normalized spacial score (nSPS) is 18.2. The van der Waals surface area contributed by atoms with Crippen LogP contribution in [0.1, 0.15) is 20.7 Å². The molecule has 0 saturated carbocycles. The SMILES string of the molecule is NN1C(=O)c2cccc3c(N4CCOCC4)ccc(c23)C1=O. The van der Waals surface area contributed by atoms with E-state index in [0.29, 0.717) is 34.7 Å². The summed E-state index contributed by atoms with van der Waals surface area (Å²) in [7, 11) is 0. The van der Waals surface area contributed by atoms with Crippen molar-refractivity contribution in [3.05, 3.63) is 41.5 Å². The number of amides is 2. The summed E-state index contributed by atoms with van der Waals surface area (Å²) < 4.78 is 5.39. The van der Waals surface area contributed by atoms with Crippen LogP contribution in [-0.2, 0) is 4.74 Å². The molecule has 2 amide bonds. The molecular formula is C16H15N3O3. The second-order valence-electron chi connectivity index (χ2n) is 5.44. The van der Waals surface area contributed by atoms with E-state index in [-0.39, 0.29) is 0 Å². The summed E-state index contributed by atoms with van der Waals surface area (Å²) in [5.74, 6) is 4.69. The van der Waals surface area contributed by atoms with E-state index in [1.807, 2.05) is 18.2 Å². The van der Waals surface area contributed by atoms with Gasteiger partial charge in [-0.1, -0.05) is 12.1 Å². The van der Waals surface area contributed by atoms with Gasteiger partial charge in [0, 0.05) is 29.5 Å². The third-order valence-electron chi connectivity index (χ3n) is 4.27. The quantitative estimate of drug-likeness (QED) is 0.485. The maximum absolute atomic E-state index is 12.2. The number of morpholine rings is 1. The van der Waals surface area contributed by atoms with E-state index < -0.39 is 11.8 Å². The van der Waals surface area contributed by atoms with Gasteiger partial charge >= 0.3 is 0 Å². The number of carbonyl (C=O) groups excluding carboxylic acids is 2. The number of hydrogen-bond donors (Lipinski definition) is 1. The van der Waals surface area contributed by atoms with Gasteiger partial charge in [-0.25, -0.2) is 10.9 Å². The number of rotatable bonds is 1. The van der Waals surface area contributed by atoms with Crippen molar-refractivity contribution < 1.29 is 14.3 Å². The van der Waals surface area contributed by atoms with E-state index in [0.717, 1.165) is 24.2 Å². The van der Waals surface area contributed by atoms with E-state index in [1.165, 1.54) is 0 Å². The molecule has 2 aliphatic heterocycles. The topological polar surface area (TPSA) is 75.9 Å². The molecule has 6 heteroatoms. The van der Waals surface area contributed by atoms with Crippen LogP contribution >= 0.6 is 0 Å². The molecule has 1 saturated heterocycles. The second kappa shape index (κ2) is 4.79. The Morgan fingerprint density at radius 1 is 0.955 bits per heavy atom. The number of anilines is 1. The number of ether oxygens (including phenoxy) is 1. The molecule has 2 aromatic rings. The molecule has 4 rings (SSSR count). The fourth-order valence-electron chi connectivity index (χ4n) is 3.18. The molecule has 2 heterocycles. The minimum Gasteiger partial charge on any atom is -0.378 e. The summed E-state index contributed by atoms with van der Waals surface area (Å²) in [6, 6.07) is 9.16. The Balaban J connectivity index is 1.98. The van der Waals surface area contributed by atoms with Crippen molar-refractivity contribution in [3.8, 4) is 0 Å². The molecule has 22 heavy (non-hydrogen) atoms. The minimum absolute atomic E-state index is 0.456. The number of imide groups is 1. The lowest BCUT2D eigenvalue weighted by atomic mass is 9.93. The van der Waals surface area contributed by atoms with Crippen LogP contribution < -0.4 is 10.7 Å². The van der Waals surface area contributed by atoms with Crippen molar-refractivity contribution in [3.63, 3.8) is 0 Å². The standard InChI is InChI=1S/C16H15N3O3/c17-19-15(20)11-3-1-2-10-13(18-6-8-22-9-7-18)5-4-12(14(10)11)16(19)21/h1-5H,6-9,17H2. The Bertz CT molecular complexity index is 774. The number of benzene rings is 2. The highest BCUT2D eigenvalue weighted by Crippen LogP contribution is 2.35. The van der Waals surface area contributed by atoms with Gasteiger partial charge < -0.3 is 9.64 Å². The van der Waals surface area contributed by atoms with E-state index in [2.05, 4.69) is 4.90 Å². The largest absolute Gasteiger partial charge is 0.378 e. The van der Waals surface area contributed by atoms with Gasteiger partial charge in [0.25, 0.3) is 11.8 Å². The van der Waals surface area contributed by atoms with E-state index in [9.17, 15) is 9.59 Å². The van der Waals surface area contributed by atoms with Crippen molar-refractivity contribution in [2.24, 2.45) is 5.84 Å². The van der Waals surface area contributed by atoms with E-state index in [4.69, 9.17) is 10.6 Å². The molecular weight excluding hydrogens is 282 g/mol. The van der Waals surface area contributed by atoms with Gasteiger partial charge in [-0.2, -0.15) is 0 Å². The summed E-state index contributed by atoms with van der Waals surface area (Å²) in [6.45, 7) is 2.95. The van der Waals surface area contributed by atoms with Crippen molar-refractivity contribution in [1.82, 2.24) is 5.01 Å². The van der Waals surface area contributed by atoms with Crippen LogP contribution in [0.5, 0.6) is 0 Å². The van der Waals surface area contributed by atoms with E-state index >= 15 is 0 Å². The van der Waals surface area contributed by atoms with Crippen LogP contribution in [-0.4, -0.2) is 43.1 Å². The maximum Gasteiger partial charge on any atom is 0.275 e. The van der Waals surface area contributed by atoms with Gasteiger partial charge in [-0.3, -0.25) is 9.59 Å². The predicted octanol–water partition coefficient (Wildman–Crippen LogP) is 1.15. The fraction of sp³-hybridized carbons (Fsp3) is 0.250. The number of nitrogens with two attached hydrogens (primary N) is 1. The number of hydrazine groups is 1. The van der Waals surface area contributed by atoms with Gasteiger partial charge in [-0.15, -0.1) is 0 Å². The monoisotopic (exact) mass is 297 g/mol. The smallest absolute Gasteiger partial charge is 0.275 e. The molecule has 2 aromatic carbocycles. The van der Waals surface area contributed by atoms with Gasteiger partial charge in [0.2, 0.25) is 0 Å². The first-order valence-electron chi connectivity index (χ1n) is 7.20.